The Morgan fingerprint density at radius 2 is 2.00 bits per heavy atom. The number of hydrogen-bond donors (Lipinski definition) is 3. The number of aromatic hydroxyl groups is 1. The van der Waals surface area contributed by atoms with Gasteiger partial charge in [-0.2, -0.15) is 0 Å². The van der Waals surface area contributed by atoms with Gasteiger partial charge < -0.3 is 16.2 Å². The zero-order valence-corrected chi connectivity index (χ0v) is 13.7. The van der Waals surface area contributed by atoms with Crippen molar-refractivity contribution in [3.05, 3.63) is 64.1 Å². The van der Waals surface area contributed by atoms with Crippen molar-refractivity contribution in [3.63, 3.8) is 0 Å². The van der Waals surface area contributed by atoms with Crippen molar-refractivity contribution in [2.24, 2.45) is 0 Å². The van der Waals surface area contributed by atoms with Crippen molar-refractivity contribution >= 4 is 46.0 Å². The minimum atomic E-state index is -0.220. The van der Waals surface area contributed by atoms with Crippen molar-refractivity contribution in [2.45, 2.75) is 6.42 Å². The van der Waals surface area contributed by atoms with Gasteiger partial charge in [-0.25, -0.2) is 0 Å². The maximum Gasteiger partial charge on any atom is 0.263 e. The van der Waals surface area contributed by atoms with Gasteiger partial charge in [-0.05, 0) is 41.3 Å². The van der Waals surface area contributed by atoms with Crippen LogP contribution in [0.4, 0.5) is 5.69 Å². The molecule has 0 atom stereocenters. The molecule has 0 unspecified atom stereocenters. The zero-order chi connectivity index (χ0) is 16.4. The second-order valence-corrected chi connectivity index (χ2v) is 6.84. The Labute approximate surface area is 143 Å². The minimum absolute atomic E-state index is 0.000330. The largest absolute Gasteiger partial charge is 0.506 e. The lowest BCUT2D eigenvalue weighted by molar-refractivity contribution is -0.115. The Morgan fingerprint density at radius 3 is 2.65 bits per heavy atom. The van der Waals surface area contributed by atoms with Crippen LogP contribution in [-0.2, 0) is 11.2 Å². The van der Waals surface area contributed by atoms with Crippen LogP contribution in [0.5, 0.6) is 5.75 Å². The van der Waals surface area contributed by atoms with Crippen LogP contribution in [0.25, 0.3) is 6.08 Å². The van der Waals surface area contributed by atoms with Gasteiger partial charge in [0, 0.05) is 0 Å². The number of carbonyl (C=O) groups excluding carboxylic acids is 1. The molecule has 1 saturated heterocycles. The molecule has 1 amide bonds. The molecule has 1 aliphatic heterocycles. The van der Waals surface area contributed by atoms with E-state index in [2.05, 4.69) is 5.32 Å². The lowest BCUT2D eigenvalue weighted by Crippen LogP contribution is -2.17. The average molecular weight is 342 g/mol. The van der Waals surface area contributed by atoms with Gasteiger partial charge in [-0.15, -0.1) is 0 Å². The summed E-state index contributed by atoms with van der Waals surface area (Å²) in [4.78, 5) is 12.3. The quantitative estimate of drug-likeness (QED) is 0.346. The number of amides is 1. The number of thiocarbonyl (C=S) groups is 1. The van der Waals surface area contributed by atoms with Crippen molar-refractivity contribution < 1.29 is 9.90 Å². The lowest BCUT2D eigenvalue weighted by Gasteiger charge is -2.10. The van der Waals surface area contributed by atoms with E-state index in [-0.39, 0.29) is 11.7 Å². The molecular weight excluding hydrogens is 328 g/mol. The van der Waals surface area contributed by atoms with E-state index in [1.807, 2.05) is 30.3 Å². The zero-order valence-electron chi connectivity index (χ0n) is 12.1. The molecule has 0 saturated carbocycles. The first-order chi connectivity index (χ1) is 11.0. The molecule has 4 N–H and O–H groups in total. The summed E-state index contributed by atoms with van der Waals surface area (Å²) in [5.74, 6) is -0.221. The summed E-state index contributed by atoms with van der Waals surface area (Å²) in [6.45, 7) is 0. The summed E-state index contributed by atoms with van der Waals surface area (Å²) >= 11 is 6.21. The summed E-state index contributed by atoms with van der Waals surface area (Å²) in [6.07, 6.45) is 2.39. The molecule has 2 aromatic rings. The van der Waals surface area contributed by atoms with Crippen molar-refractivity contribution in [1.82, 2.24) is 5.32 Å². The number of thioether (sulfide) groups is 1. The SMILES string of the molecule is Nc1cc(Cc2ccccc2)c(/C=C2\SC(=S)NC2=O)cc1O. The van der Waals surface area contributed by atoms with E-state index < -0.39 is 0 Å². The second-order valence-electron chi connectivity index (χ2n) is 5.12. The highest BCUT2D eigenvalue weighted by atomic mass is 32.2. The Hall–Kier alpha value is -2.31. The van der Waals surface area contributed by atoms with Gasteiger partial charge in [0.2, 0.25) is 0 Å². The average Bonchev–Trinajstić information content (AvgIpc) is 2.83. The molecule has 6 heteroatoms. The number of hydrogen-bond acceptors (Lipinski definition) is 5. The highest BCUT2D eigenvalue weighted by Gasteiger charge is 2.22. The molecule has 23 heavy (non-hydrogen) atoms. The number of rotatable bonds is 3. The predicted octanol–water partition coefficient (Wildman–Crippen LogP) is 3.05. The number of carbonyl (C=O) groups is 1. The molecule has 0 spiro atoms. The van der Waals surface area contributed by atoms with Crippen LogP contribution in [-0.4, -0.2) is 15.3 Å². The Bertz CT molecular complexity index is 817. The van der Waals surface area contributed by atoms with E-state index in [0.29, 0.717) is 21.3 Å². The van der Waals surface area contributed by atoms with Gasteiger partial charge in [0.1, 0.15) is 10.1 Å². The molecule has 1 aliphatic rings. The van der Waals surface area contributed by atoms with Gasteiger partial charge in [0.15, 0.2) is 0 Å². The van der Waals surface area contributed by atoms with Gasteiger partial charge in [-0.3, -0.25) is 4.79 Å². The minimum Gasteiger partial charge on any atom is -0.506 e. The highest BCUT2D eigenvalue weighted by Crippen LogP contribution is 2.31. The van der Waals surface area contributed by atoms with Crippen molar-refractivity contribution in [2.75, 3.05) is 5.73 Å². The van der Waals surface area contributed by atoms with Crippen molar-refractivity contribution in [1.29, 1.82) is 0 Å². The van der Waals surface area contributed by atoms with E-state index in [0.717, 1.165) is 16.7 Å². The van der Waals surface area contributed by atoms with Crippen LogP contribution >= 0.6 is 24.0 Å². The molecule has 116 valence electrons. The molecule has 0 aliphatic carbocycles. The van der Waals surface area contributed by atoms with Gasteiger partial charge in [-0.1, -0.05) is 54.3 Å². The molecule has 0 radical (unpaired) electrons. The summed E-state index contributed by atoms with van der Waals surface area (Å²) in [5, 5.41) is 12.5. The van der Waals surface area contributed by atoms with Crippen LogP contribution in [0.3, 0.4) is 0 Å². The number of phenolic OH excluding ortho intramolecular Hbond substituents is 1. The molecule has 3 rings (SSSR count). The molecule has 0 bridgehead atoms. The predicted molar refractivity (Wildman–Crippen MR) is 98.1 cm³/mol. The Balaban J connectivity index is 2.02. The third-order valence-electron chi connectivity index (χ3n) is 3.45. The monoisotopic (exact) mass is 342 g/mol. The summed E-state index contributed by atoms with van der Waals surface area (Å²) < 4.78 is 0.436. The number of nitrogen functional groups attached to an aromatic ring is 1. The third kappa shape index (κ3) is 3.55. The number of benzene rings is 2. The summed E-state index contributed by atoms with van der Waals surface area (Å²) in [5.41, 5.74) is 8.95. The maximum atomic E-state index is 11.8. The molecule has 4 nitrogen and oxygen atoms in total. The third-order valence-corrected chi connectivity index (χ3v) is 4.62. The summed E-state index contributed by atoms with van der Waals surface area (Å²) in [7, 11) is 0. The van der Waals surface area contributed by atoms with Gasteiger partial charge >= 0.3 is 0 Å². The fourth-order valence-electron chi connectivity index (χ4n) is 2.33. The fourth-order valence-corrected chi connectivity index (χ4v) is 3.37. The smallest absolute Gasteiger partial charge is 0.263 e. The summed E-state index contributed by atoms with van der Waals surface area (Å²) in [6, 6.07) is 13.3. The van der Waals surface area contributed by atoms with E-state index >= 15 is 0 Å². The first-order valence-corrected chi connectivity index (χ1v) is 8.15. The van der Waals surface area contributed by atoms with Crippen LogP contribution < -0.4 is 11.1 Å². The number of phenols is 1. The number of anilines is 1. The van der Waals surface area contributed by atoms with E-state index in [9.17, 15) is 9.90 Å². The first-order valence-electron chi connectivity index (χ1n) is 6.93. The van der Waals surface area contributed by atoms with Crippen LogP contribution in [0.2, 0.25) is 0 Å². The van der Waals surface area contributed by atoms with Crippen molar-refractivity contribution in [3.8, 4) is 5.75 Å². The van der Waals surface area contributed by atoms with Crippen LogP contribution in [0.15, 0.2) is 47.4 Å². The fraction of sp³-hybridized carbons (Fsp3) is 0.0588. The number of nitrogens with two attached hydrogens (primary N) is 1. The lowest BCUT2D eigenvalue weighted by atomic mass is 9.98. The standard InChI is InChI=1S/C17H14N2O2S2/c18-13-7-11(6-10-4-2-1-3-5-10)12(8-14(13)20)9-15-16(21)19-17(22)23-15/h1-5,7-9,20H,6,18H2,(H,19,21,22)/b15-9-. The molecule has 1 heterocycles. The maximum absolute atomic E-state index is 11.8. The van der Waals surface area contributed by atoms with E-state index in [1.54, 1.807) is 18.2 Å². The first kappa shape index (κ1) is 15.6. The molecule has 2 aromatic carbocycles. The Morgan fingerprint density at radius 1 is 1.26 bits per heavy atom. The van der Waals surface area contributed by atoms with Crippen LogP contribution in [0.1, 0.15) is 16.7 Å². The topological polar surface area (TPSA) is 75.3 Å². The van der Waals surface area contributed by atoms with Crippen LogP contribution in [0, 0.1) is 0 Å². The molecule has 1 fully saturated rings. The normalized spacial score (nSPS) is 15.9. The second kappa shape index (κ2) is 6.44. The van der Waals surface area contributed by atoms with Gasteiger partial charge in [0.25, 0.3) is 5.91 Å². The molecular formula is C17H14N2O2S2. The van der Waals surface area contributed by atoms with E-state index in [1.165, 1.54) is 11.8 Å². The number of nitrogens with one attached hydrogen (secondary N) is 1. The van der Waals surface area contributed by atoms with E-state index in [4.69, 9.17) is 18.0 Å². The molecule has 0 aromatic heterocycles. The Kier molecular flexibility index (Phi) is 4.36. The van der Waals surface area contributed by atoms with Gasteiger partial charge in [0.05, 0.1) is 10.6 Å². The highest BCUT2D eigenvalue weighted by molar-refractivity contribution is 8.26.